The van der Waals surface area contributed by atoms with E-state index in [-0.39, 0.29) is 0 Å². The number of aliphatic imine (C=N–C) groups is 1. The summed E-state index contributed by atoms with van der Waals surface area (Å²) >= 11 is 0. The van der Waals surface area contributed by atoms with E-state index in [1.54, 1.807) is 28.4 Å². The summed E-state index contributed by atoms with van der Waals surface area (Å²) in [6.07, 6.45) is 0. The molecule has 0 unspecified atom stereocenters. The highest BCUT2D eigenvalue weighted by atomic mass is 16.5. The molecule has 6 nitrogen and oxygen atoms in total. The second-order valence-electron chi connectivity index (χ2n) is 5.66. The first-order valence-corrected chi connectivity index (χ1v) is 8.43. The van der Waals surface area contributed by atoms with Crippen LogP contribution in [0.5, 0.6) is 11.5 Å². The molecule has 0 bridgehead atoms. The van der Waals surface area contributed by atoms with Gasteiger partial charge in [0, 0.05) is 38.9 Å². The Morgan fingerprint density at radius 1 is 0.885 bits per heavy atom. The SMILES string of the molecule is CN=C(NCc1ccccc1COC)NCc1ccc(OC)cc1OC. The zero-order valence-corrected chi connectivity index (χ0v) is 15.8. The first kappa shape index (κ1) is 19.6. The van der Waals surface area contributed by atoms with Crippen molar-refractivity contribution in [3.63, 3.8) is 0 Å². The Bertz CT molecular complexity index is 732. The molecular weight excluding hydrogens is 330 g/mol. The van der Waals surface area contributed by atoms with E-state index in [4.69, 9.17) is 14.2 Å². The molecule has 0 amide bonds. The van der Waals surface area contributed by atoms with Crippen molar-refractivity contribution in [1.82, 2.24) is 10.6 Å². The van der Waals surface area contributed by atoms with Crippen LogP contribution in [0, 0.1) is 0 Å². The van der Waals surface area contributed by atoms with Crippen molar-refractivity contribution in [3.8, 4) is 11.5 Å². The van der Waals surface area contributed by atoms with Crippen LogP contribution in [0.3, 0.4) is 0 Å². The lowest BCUT2D eigenvalue weighted by Crippen LogP contribution is -2.36. The molecule has 0 fully saturated rings. The minimum atomic E-state index is 0.590. The van der Waals surface area contributed by atoms with E-state index in [0.717, 1.165) is 28.6 Å². The number of ether oxygens (including phenoxy) is 3. The molecule has 0 aromatic heterocycles. The molecule has 140 valence electrons. The average molecular weight is 357 g/mol. The van der Waals surface area contributed by atoms with Gasteiger partial charge in [0.15, 0.2) is 5.96 Å². The maximum atomic E-state index is 5.43. The van der Waals surface area contributed by atoms with Crippen molar-refractivity contribution in [2.75, 3.05) is 28.4 Å². The second-order valence-corrected chi connectivity index (χ2v) is 5.66. The highest BCUT2D eigenvalue weighted by molar-refractivity contribution is 5.79. The highest BCUT2D eigenvalue weighted by Crippen LogP contribution is 2.24. The Labute approximate surface area is 155 Å². The number of rotatable bonds is 8. The molecular formula is C20H27N3O3. The summed E-state index contributed by atoms with van der Waals surface area (Å²) in [5.74, 6) is 2.26. The summed E-state index contributed by atoms with van der Waals surface area (Å²) in [5.41, 5.74) is 3.37. The van der Waals surface area contributed by atoms with Gasteiger partial charge in [-0.05, 0) is 23.3 Å². The molecule has 0 aliphatic carbocycles. The van der Waals surface area contributed by atoms with Crippen molar-refractivity contribution in [2.45, 2.75) is 19.7 Å². The predicted molar refractivity (Wildman–Crippen MR) is 104 cm³/mol. The van der Waals surface area contributed by atoms with E-state index in [2.05, 4.69) is 27.8 Å². The molecule has 0 heterocycles. The summed E-state index contributed by atoms with van der Waals surface area (Å²) in [7, 11) is 6.74. The van der Waals surface area contributed by atoms with E-state index >= 15 is 0 Å². The third-order valence-corrected chi connectivity index (χ3v) is 4.03. The van der Waals surface area contributed by atoms with Crippen molar-refractivity contribution < 1.29 is 14.2 Å². The van der Waals surface area contributed by atoms with Gasteiger partial charge >= 0.3 is 0 Å². The Kier molecular flexibility index (Phi) is 7.76. The largest absolute Gasteiger partial charge is 0.497 e. The van der Waals surface area contributed by atoms with Crippen LogP contribution < -0.4 is 20.1 Å². The van der Waals surface area contributed by atoms with Crippen LogP contribution in [0.4, 0.5) is 0 Å². The zero-order valence-electron chi connectivity index (χ0n) is 15.8. The standard InChI is InChI=1S/C20H27N3O3/c1-21-20(22-12-15-7-5-6-8-17(15)14-24-2)23-13-16-9-10-18(25-3)11-19(16)26-4/h5-11H,12-14H2,1-4H3,(H2,21,22,23). The molecule has 2 rings (SSSR count). The average Bonchev–Trinajstić information content (AvgIpc) is 2.69. The van der Waals surface area contributed by atoms with Crippen molar-refractivity contribution in [1.29, 1.82) is 0 Å². The van der Waals surface area contributed by atoms with Crippen LogP contribution in [-0.2, 0) is 24.4 Å². The lowest BCUT2D eigenvalue weighted by molar-refractivity contribution is 0.184. The van der Waals surface area contributed by atoms with Gasteiger partial charge in [0.2, 0.25) is 0 Å². The molecule has 2 N–H and O–H groups in total. The summed E-state index contributed by atoms with van der Waals surface area (Å²) in [6.45, 7) is 1.85. The molecule has 0 radical (unpaired) electrons. The van der Waals surface area contributed by atoms with Gasteiger partial charge in [0.1, 0.15) is 11.5 Å². The van der Waals surface area contributed by atoms with E-state index in [1.807, 2.05) is 30.3 Å². The molecule has 6 heteroatoms. The molecule has 2 aromatic rings. The number of hydrogen-bond acceptors (Lipinski definition) is 4. The van der Waals surface area contributed by atoms with Crippen LogP contribution >= 0.6 is 0 Å². The van der Waals surface area contributed by atoms with Gasteiger partial charge < -0.3 is 24.8 Å². The number of nitrogens with one attached hydrogen (secondary N) is 2. The summed E-state index contributed by atoms with van der Waals surface area (Å²) < 4.78 is 15.9. The fourth-order valence-electron chi connectivity index (χ4n) is 2.60. The Morgan fingerprint density at radius 3 is 2.19 bits per heavy atom. The number of nitrogens with zero attached hydrogens (tertiary/aromatic N) is 1. The fourth-order valence-corrected chi connectivity index (χ4v) is 2.60. The van der Waals surface area contributed by atoms with Crippen molar-refractivity contribution in [2.24, 2.45) is 4.99 Å². The summed E-state index contributed by atoms with van der Waals surface area (Å²) in [5, 5.41) is 6.64. The smallest absolute Gasteiger partial charge is 0.191 e. The Balaban J connectivity index is 1.97. The normalized spacial score (nSPS) is 11.2. The first-order chi connectivity index (χ1) is 12.7. The second kappa shape index (κ2) is 10.3. The number of benzene rings is 2. The fraction of sp³-hybridized carbons (Fsp3) is 0.350. The van der Waals surface area contributed by atoms with Gasteiger partial charge in [0.25, 0.3) is 0 Å². The molecule has 2 aromatic carbocycles. The van der Waals surface area contributed by atoms with E-state index in [9.17, 15) is 0 Å². The molecule has 0 aliphatic rings. The van der Waals surface area contributed by atoms with Crippen LogP contribution in [0.1, 0.15) is 16.7 Å². The van der Waals surface area contributed by atoms with Gasteiger partial charge in [-0.3, -0.25) is 4.99 Å². The van der Waals surface area contributed by atoms with Gasteiger partial charge in [0.05, 0.1) is 20.8 Å². The lowest BCUT2D eigenvalue weighted by Gasteiger charge is -2.15. The van der Waals surface area contributed by atoms with Crippen molar-refractivity contribution >= 4 is 5.96 Å². The van der Waals surface area contributed by atoms with Crippen LogP contribution in [0.2, 0.25) is 0 Å². The monoisotopic (exact) mass is 357 g/mol. The summed E-state index contributed by atoms with van der Waals surface area (Å²) in [6, 6.07) is 14.0. The predicted octanol–water partition coefficient (Wildman–Crippen LogP) is 2.72. The van der Waals surface area contributed by atoms with Gasteiger partial charge in [-0.1, -0.05) is 24.3 Å². The molecule has 0 saturated carbocycles. The quantitative estimate of drug-likeness (QED) is 0.562. The number of hydrogen-bond donors (Lipinski definition) is 2. The maximum absolute atomic E-state index is 5.43. The van der Waals surface area contributed by atoms with Gasteiger partial charge in [-0.15, -0.1) is 0 Å². The van der Waals surface area contributed by atoms with Crippen LogP contribution in [0.25, 0.3) is 0 Å². The molecule has 0 spiro atoms. The minimum absolute atomic E-state index is 0.590. The third kappa shape index (κ3) is 5.39. The lowest BCUT2D eigenvalue weighted by atomic mass is 10.1. The first-order valence-electron chi connectivity index (χ1n) is 8.43. The van der Waals surface area contributed by atoms with Crippen LogP contribution in [-0.4, -0.2) is 34.3 Å². The topological polar surface area (TPSA) is 64.1 Å². The minimum Gasteiger partial charge on any atom is -0.497 e. The third-order valence-electron chi connectivity index (χ3n) is 4.03. The maximum Gasteiger partial charge on any atom is 0.191 e. The molecule has 0 saturated heterocycles. The number of guanidine groups is 1. The van der Waals surface area contributed by atoms with E-state index < -0.39 is 0 Å². The van der Waals surface area contributed by atoms with E-state index in [0.29, 0.717) is 19.7 Å². The van der Waals surface area contributed by atoms with Crippen LogP contribution in [0.15, 0.2) is 47.5 Å². The Hall–Kier alpha value is -2.73. The molecule has 26 heavy (non-hydrogen) atoms. The zero-order chi connectivity index (χ0) is 18.8. The van der Waals surface area contributed by atoms with Gasteiger partial charge in [-0.25, -0.2) is 0 Å². The molecule has 0 atom stereocenters. The number of methoxy groups -OCH3 is 3. The van der Waals surface area contributed by atoms with Gasteiger partial charge in [-0.2, -0.15) is 0 Å². The van der Waals surface area contributed by atoms with E-state index in [1.165, 1.54) is 5.56 Å². The van der Waals surface area contributed by atoms with Crippen molar-refractivity contribution in [3.05, 3.63) is 59.2 Å². The Morgan fingerprint density at radius 2 is 1.58 bits per heavy atom. The highest BCUT2D eigenvalue weighted by Gasteiger charge is 2.07. The summed E-state index contributed by atoms with van der Waals surface area (Å²) in [4.78, 5) is 4.28. The molecule has 0 aliphatic heterocycles.